The maximum Gasteiger partial charge on any atom is 0.228 e. The first-order valence-corrected chi connectivity index (χ1v) is 12.3. The molecule has 37 heavy (non-hydrogen) atoms. The Labute approximate surface area is 216 Å². The molecule has 0 aliphatic heterocycles. The largest absolute Gasteiger partial charge is 0.493 e. The summed E-state index contributed by atoms with van der Waals surface area (Å²) >= 11 is 0. The van der Waals surface area contributed by atoms with Gasteiger partial charge >= 0.3 is 0 Å². The van der Waals surface area contributed by atoms with Crippen molar-refractivity contribution in [1.29, 1.82) is 0 Å². The second-order valence-electron chi connectivity index (χ2n) is 8.80. The van der Waals surface area contributed by atoms with Crippen molar-refractivity contribution >= 4 is 22.6 Å². The fraction of sp³-hybridized carbons (Fsp3) is 0.161. The Morgan fingerprint density at radius 1 is 0.784 bits per heavy atom. The SMILES string of the molecule is COc1ccc(CC(=O)Nc2ccc(CCc3nc4ccccc4n3-c3ccccc3)cc2)cc1OC. The second kappa shape index (κ2) is 11.0. The van der Waals surface area contributed by atoms with Gasteiger partial charge in [0.2, 0.25) is 5.91 Å². The molecule has 186 valence electrons. The highest BCUT2D eigenvalue weighted by molar-refractivity contribution is 5.92. The molecule has 0 bridgehead atoms. The van der Waals surface area contributed by atoms with Crippen molar-refractivity contribution in [3.63, 3.8) is 0 Å². The van der Waals surface area contributed by atoms with Crippen molar-refractivity contribution in [2.75, 3.05) is 19.5 Å². The van der Waals surface area contributed by atoms with Gasteiger partial charge in [-0.05, 0) is 66.1 Å². The molecule has 0 radical (unpaired) electrons. The molecule has 0 spiro atoms. The normalized spacial score (nSPS) is 10.9. The molecule has 1 aromatic heterocycles. The number of rotatable bonds is 9. The van der Waals surface area contributed by atoms with E-state index in [1.54, 1.807) is 14.2 Å². The lowest BCUT2D eigenvalue weighted by molar-refractivity contribution is -0.115. The summed E-state index contributed by atoms with van der Waals surface area (Å²) in [6.07, 6.45) is 1.89. The van der Waals surface area contributed by atoms with Crippen LogP contribution in [0.4, 0.5) is 5.69 Å². The van der Waals surface area contributed by atoms with Crippen LogP contribution in [0.2, 0.25) is 0 Å². The van der Waals surface area contributed by atoms with E-state index < -0.39 is 0 Å². The van der Waals surface area contributed by atoms with Gasteiger partial charge in [0.15, 0.2) is 11.5 Å². The van der Waals surface area contributed by atoms with Crippen molar-refractivity contribution in [2.24, 2.45) is 0 Å². The van der Waals surface area contributed by atoms with Crippen LogP contribution in [0.1, 0.15) is 17.0 Å². The van der Waals surface area contributed by atoms with E-state index in [4.69, 9.17) is 14.5 Å². The highest BCUT2D eigenvalue weighted by Crippen LogP contribution is 2.28. The molecule has 5 aromatic rings. The molecule has 0 atom stereocenters. The number of hydrogen-bond acceptors (Lipinski definition) is 4. The molecule has 4 aromatic carbocycles. The van der Waals surface area contributed by atoms with E-state index in [1.807, 2.05) is 60.7 Å². The zero-order valence-corrected chi connectivity index (χ0v) is 21.0. The maximum atomic E-state index is 12.6. The first-order valence-electron chi connectivity index (χ1n) is 12.3. The Bertz CT molecular complexity index is 1510. The quantitative estimate of drug-likeness (QED) is 0.274. The van der Waals surface area contributed by atoms with Gasteiger partial charge in [-0.15, -0.1) is 0 Å². The lowest BCUT2D eigenvalue weighted by Gasteiger charge is -2.11. The van der Waals surface area contributed by atoms with Crippen molar-refractivity contribution < 1.29 is 14.3 Å². The fourth-order valence-electron chi connectivity index (χ4n) is 4.50. The summed E-state index contributed by atoms with van der Waals surface area (Å²) in [7, 11) is 3.17. The van der Waals surface area contributed by atoms with Gasteiger partial charge in [-0.25, -0.2) is 4.98 Å². The van der Waals surface area contributed by atoms with Crippen molar-refractivity contribution in [1.82, 2.24) is 9.55 Å². The van der Waals surface area contributed by atoms with Crippen LogP contribution in [0, 0.1) is 0 Å². The number of ether oxygens (including phenoxy) is 2. The molecule has 0 aliphatic carbocycles. The van der Waals surface area contributed by atoms with Crippen molar-refractivity contribution in [3.05, 3.63) is 114 Å². The number of para-hydroxylation sites is 3. The summed E-state index contributed by atoms with van der Waals surface area (Å²) in [5, 5.41) is 2.98. The highest BCUT2D eigenvalue weighted by atomic mass is 16.5. The Morgan fingerprint density at radius 2 is 1.49 bits per heavy atom. The minimum absolute atomic E-state index is 0.0865. The lowest BCUT2D eigenvalue weighted by Crippen LogP contribution is -2.14. The van der Waals surface area contributed by atoms with Gasteiger partial charge in [-0.3, -0.25) is 9.36 Å². The van der Waals surface area contributed by atoms with Crippen LogP contribution in [0.25, 0.3) is 16.7 Å². The van der Waals surface area contributed by atoms with Crippen LogP contribution in [-0.2, 0) is 24.1 Å². The van der Waals surface area contributed by atoms with E-state index in [2.05, 4.69) is 46.3 Å². The van der Waals surface area contributed by atoms with Crippen LogP contribution in [0.15, 0.2) is 97.1 Å². The average Bonchev–Trinajstić information content (AvgIpc) is 3.31. The Kier molecular flexibility index (Phi) is 7.17. The molecule has 6 nitrogen and oxygen atoms in total. The number of aryl methyl sites for hydroxylation is 2. The molecule has 5 rings (SSSR count). The van der Waals surface area contributed by atoms with Crippen LogP contribution in [0.5, 0.6) is 11.5 Å². The molecule has 1 N–H and O–H groups in total. The van der Waals surface area contributed by atoms with Gasteiger partial charge in [-0.2, -0.15) is 0 Å². The van der Waals surface area contributed by atoms with Gasteiger partial charge in [-0.1, -0.05) is 48.5 Å². The number of fused-ring (bicyclic) bond motifs is 1. The van der Waals surface area contributed by atoms with Gasteiger partial charge in [0.05, 0.1) is 31.7 Å². The Morgan fingerprint density at radius 3 is 2.24 bits per heavy atom. The number of amides is 1. The number of imidazole rings is 1. The molecular weight excluding hydrogens is 462 g/mol. The van der Waals surface area contributed by atoms with Crippen molar-refractivity contribution in [2.45, 2.75) is 19.3 Å². The molecule has 1 heterocycles. The number of carbonyl (C=O) groups is 1. The monoisotopic (exact) mass is 491 g/mol. The molecule has 6 heteroatoms. The third kappa shape index (κ3) is 5.48. The molecule has 0 fully saturated rings. The van der Waals surface area contributed by atoms with E-state index in [9.17, 15) is 4.79 Å². The van der Waals surface area contributed by atoms with Crippen LogP contribution in [-0.4, -0.2) is 29.7 Å². The molecular formula is C31H29N3O3. The highest BCUT2D eigenvalue weighted by Gasteiger charge is 2.13. The number of methoxy groups -OCH3 is 2. The number of anilines is 1. The minimum atomic E-state index is -0.0865. The summed E-state index contributed by atoms with van der Waals surface area (Å²) in [6, 6.07) is 32.1. The number of hydrogen-bond donors (Lipinski definition) is 1. The number of aromatic nitrogens is 2. The molecule has 0 aliphatic rings. The zero-order valence-electron chi connectivity index (χ0n) is 21.0. The summed E-state index contributed by atoms with van der Waals surface area (Å²) < 4.78 is 12.8. The zero-order chi connectivity index (χ0) is 25.6. The third-order valence-electron chi connectivity index (χ3n) is 6.33. The first kappa shape index (κ1) is 24.1. The van der Waals surface area contributed by atoms with Crippen molar-refractivity contribution in [3.8, 4) is 17.2 Å². The average molecular weight is 492 g/mol. The molecule has 0 saturated heterocycles. The maximum absolute atomic E-state index is 12.6. The van der Waals surface area contributed by atoms with E-state index >= 15 is 0 Å². The van der Waals surface area contributed by atoms with E-state index in [-0.39, 0.29) is 12.3 Å². The standard InChI is InChI=1S/C31H29N3O3/c1-36-28-18-14-23(20-29(28)37-2)21-31(35)32-24-16-12-22(13-17-24)15-19-30-33-26-10-6-7-11-27(26)34(30)25-8-4-3-5-9-25/h3-14,16-18,20H,15,19,21H2,1-2H3,(H,32,35). The molecule has 0 saturated carbocycles. The smallest absolute Gasteiger partial charge is 0.228 e. The van der Waals surface area contributed by atoms with Gasteiger partial charge < -0.3 is 14.8 Å². The third-order valence-corrected chi connectivity index (χ3v) is 6.33. The molecule has 1 amide bonds. The number of carbonyl (C=O) groups excluding carboxylic acids is 1. The van der Waals surface area contributed by atoms with E-state index in [0.29, 0.717) is 11.5 Å². The predicted molar refractivity (Wildman–Crippen MR) is 147 cm³/mol. The topological polar surface area (TPSA) is 65.4 Å². The fourth-order valence-corrected chi connectivity index (χ4v) is 4.50. The Hall–Kier alpha value is -4.58. The van der Waals surface area contributed by atoms with Crippen LogP contribution < -0.4 is 14.8 Å². The summed E-state index contributed by atoms with van der Waals surface area (Å²) in [5.74, 6) is 2.19. The van der Waals surface area contributed by atoms with E-state index in [0.717, 1.165) is 46.6 Å². The lowest BCUT2D eigenvalue weighted by atomic mass is 10.1. The summed E-state index contributed by atoms with van der Waals surface area (Å²) in [5.41, 5.74) is 6.02. The summed E-state index contributed by atoms with van der Waals surface area (Å²) in [4.78, 5) is 17.5. The molecule has 0 unspecified atom stereocenters. The first-order chi connectivity index (χ1) is 18.1. The second-order valence-corrected chi connectivity index (χ2v) is 8.80. The number of nitrogens with zero attached hydrogens (tertiary/aromatic N) is 2. The van der Waals surface area contributed by atoms with E-state index in [1.165, 1.54) is 5.56 Å². The van der Waals surface area contributed by atoms with Gasteiger partial charge in [0.1, 0.15) is 5.82 Å². The summed E-state index contributed by atoms with van der Waals surface area (Å²) in [6.45, 7) is 0. The Balaban J connectivity index is 1.24. The van der Waals surface area contributed by atoms with Crippen LogP contribution >= 0.6 is 0 Å². The van der Waals surface area contributed by atoms with Gasteiger partial charge in [0.25, 0.3) is 0 Å². The van der Waals surface area contributed by atoms with Crippen LogP contribution in [0.3, 0.4) is 0 Å². The number of nitrogens with one attached hydrogen (secondary N) is 1. The predicted octanol–water partition coefficient (Wildman–Crippen LogP) is 6.01. The minimum Gasteiger partial charge on any atom is -0.493 e. The van der Waals surface area contributed by atoms with Gasteiger partial charge in [0, 0.05) is 17.8 Å². The number of benzene rings is 4.